The minimum Gasteiger partial charge on any atom is -0.348 e. The van der Waals surface area contributed by atoms with Crippen LogP contribution in [0.5, 0.6) is 0 Å². The molecule has 6 nitrogen and oxygen atoms in total. The first-order valence-corrected chi connectivity index (χ1v) is 10.4. The number of benzene rings is 2. The van der Waals surface area contributed by atoms with E-state index in [-0.39, 0.29) is 5.91 Å². The van der Waals surface area contributed by atoms with E-state index in [1.165, 1.54) is 0 Å². The molecule has 156 valence electrons. The molecule has 0 aliphatic heterocycles. The lowest BCUT2D eigenvalue weighted by Crippen LogP contribution is -2.25. The van der Waals surface area contributed by atoms with Gasteiger partial charge in [0.1, 0.15) is 0 Å². The SMILES string of the molecule is Cc1c(-c2ccccc2)nc2ccccc2c1C(=O)NCc1cccnc1-n1cccn1. The zero-order chi connectivity index (χ0) is 21.9. The summed E-state index contributed by atoms with van der Waals surface area (Å²) in [5.41, 5.74) is 4.96. The fraction of sp³-hybridized carbons (Fsp3) is 0.0769. The minimum atomic E-state index is -0.145. The molecule has 0 unspecified atom stereocenters. The lowest BCUT2D eigenvalue weighted by Gasteiger charge is -2.15. The van der Waals surface area contributed by atoms with Crippen molar-refractivity contribution in [1.82, 2.24) is 25.1 Å². The van der Waals surface area contributed by atoms with Crippen molar-refractivity contribution >= 4 is 16.8 Å². The zero-order valence-corrected chi connectivity index (χ0v) is 17.6. The number of fused-ring (bicyclic) bond motifs is 1. The zero-order valence-electron chi connectivity index (χ0n) is 17.6. The minimum absolute atomic E-state index is 0.145. The maximum absolute atomic E-state index is 13.5. The van der Waals surface area contributed by atoms with E-state index in [0.29, 0.717) is 17.9 Å². The van der Waals surface area contributed by atoms with Crippen LogP contribution in [0, 0.1) is 6.92 Å². The van der Waals surface area contributed by atoms with E-state index < -0.39 is 0 Å². The van der Waals surface area contributed by atoms with Crippen LogP contribution in [0.15, 0.2) is 91.4 Å². The molecule has 0 bridgehead atoms. The molecule has 1 N–H and O–H groups in total. The van der Waals surface area contributed by atoms with Crippen molar-refractivity contribution in [1.29, 1.82) is 0 Å². The number of hydrogen-bond donors (Lipinski definition) is 1. The van der Waals surface area contributed by atoms with Gasteiger partial charge in [-0.05, 0) is 30.7 Å². The van der Waals surface area contributed by atoms with E-state index in [4.69, 9.17) is 4.98 Å². The third-order valence-corrected chi connectivity index (χ3v) is 5.44. The fourth-order valence-corrected chi connectivity index (χ4v) is 3.91. The average molecular weight is 419 g/mol. The molecule has 3 heterocycles. The third kappa shape index (κ3) is 3.63. The largest absolute Gasteiger partial charge is 0.348 e. The molecule has 5 rings (SSSR count). The van der Waals surface area contributed by atoms with Gasteiger partial charge < -0.3 is 5.32 Å². The smallest absolute Gasteiger partial charge is 0.252 e. The van der Waals surface area contributed by atoms with Crippen molar-refractivity contribution in [3.8, 4) is 17.1 Å². The lowest BCUT2D eigenvalue weighted by molar-refractivity contribution is 0.0952. The first-order chi connectivity index (χ1) is 15.7. The molecule has 1 amide bonds. The summed E-state index contributed by atoms with van der Waals surface area (Å²) in [6.07, 6.45) is 5.25. The van der Waals surface area contributed by atoms with Crippen molar-refractivity contribution in [3.63, 3.8) is 0 Å². The van der Waals surface area contributed by atoms with Gasteiger partial charge in [0.05, 0.1) is 16.8 Å². The summed E-state index contributed by atoms with van der Waals surface area (Å²) in [6, 6.07) is 23.3. The van der Waals surface area contributed by atoms with Crippen LogP contribution in [0.3, 0.4) is 0 Å². The number of nitrogens with one attached hydrogen (secondary N) is 1. The van der Waals surface area contributed by atoms with E-state index in [9.17, 15) is 4.79 Å². The summed E-state index contributed by atoms with van der Waals surface area (Å²) >= 11 is 0. The normalized spacial score (nSPS) is 10.9. The molecule has 0 saturated carbocycles. The molecule has 6 heteroatoms. The Balaban J connectivity index is 1.53. The van der Waals surface area contributed by atoms with E-state index >= 15 is 0 Å². The van der Waals surface area contributed by atoms with Gasteiger partial charge in [-0.3, -0.25) is 4.79 Å². The number of rotatable bonds is 5. The van der Waals surface area contributed by atoms with Gasteiger partial charge in [-0.2, -0.15) is 5.10 Å². The molecular formula is C26H21N5O. The topological polar surface area (TPSA) is 72.7 Å². The monoisotopic (exact) mass is 419 g/mol. The summed E-state index contributed by atoms with van der Waals surface area (Å²) in [5.74, 6) is 0.549. The van der Waals surface area contributed by atoms with Crippen LogP contribution in [0.2, 0.25) is 0 Å². The van der Waals surface area contributed by atoms with Crippen molar-refractivity contribution in [2.75, 3.05) is 0 Å². The lowest BCUT2D eigenvalue weighted by atomic mass is 9.97. The van der Waals surface area contributed by atoms with Crippen LogP contribution in [0.1, 0.15) is 21.5 Å². The van der Waals surface area contributed by atoms with E-state index in [0.717, 1.165) is 33.3 Å². The molecule has 0 saturated heterocycles. The Bertz CT molecular complexity index is 1390. The summed E-state index contributed by atoms with van der Waals surface area (Å²) in [7, 11) is 0. The number of carbonyl (C=O) groups is 1. The molecule has 3 aromatic heterocycles. The predicted octanol–water partition coefficient (Wildman–Crippen LogP) is 4.72. The van der Waals surface area contributed by atoms with Crippen molar-refractivity contribution in [3.05, 3.63) is 108 Å². The summed E-state index contributed by atoms with van der Waals surface area (Å²) in [5, 5.41) is 8.18. The van der Waals surface area contributed by atoms with Gasteiger partial charge >= 0.3 is 0 Å². The van der Waals surface area contributed by atoms with Crippen LogP contribution in [0.25, 0.3) is 28.0 Å². The predicted molar refractivity (Wildman–Crippen MR) is 124 cm³/mol. The van der Waals surface area contributed by atoms with Gasteiger partial charge in [-0.25, -0.2) is 14.6 Å². The molecule has 0 aliphatic rings. The molecule has 2 aromatic carbocycles. The number of para-hydroxylation sites is 1. The molecular weight excluding hydrogens is 398 g/mol. The van der Waals surface area contributed by atoms with Crippen LogP contribution >= 0.6 is 0 Å². The Morgan fingerprint density at radius 2 is 1.75 bits per heavy atom. The number of nitrogens with zero attached hydrogens (tertiary/aromatic N) is 4. The first kappa shape index (κ1) is 19.6. The van der Waals surface area contributed by atoms with Crippen LogP contribution in [-0.4, -0.2) is 25.7 Å². The van der Waals surface area contributed by atoms with E-state index in [1.54, 1.807) is 17.1 Å². The summed E-state index contributed by atoms with van der Waals surface area (Å²) < 4.78 is 1.70. The van der Waals surface area contributed by atoms with E-state index in [1.807, 2.05) is 85.9 Å². The quantitative estimate of drug-likeness (QED) is 0.447. The Morgan fingerprint density at radius 3 is 2.56 bits per heavy atom. The Hall–Kier alpha value is -4.32. The highest BCUT2D eigenvalue weighted by Crippen LogP contribution is 2.29. The van der Waals surface area contributed by atoms with Crippen LogP contribution in [-0.2, 0) is 6.54 Å². The highest BCUT2D eigenvalue weighted by molar-refractivity contribution is 6.08. The van der Waals surface area contributed by atoms with Gasteiger partial charge in [0.2, 0.25) is 0 Å². The van der Waals surface area contributed by atoms with Crippen LogP contribution < -0.4 is 5.32 Å². The van der Waals surface area contributed by atoms with Crippen LogP contribution in [0.4, 0.5) is 0 Å². The third-order valence-electron chi connectivity index (χ3n) is 5.44. The second kappa shape index (κ2) is 8.43. The maximum atomic E-state index is 13.5. The highest BCUT2D eigenvalue weighted by Gasteiger charge is 2.19. The molecule has 0 spiro atoms. The summed E-state index contributed by atoms with van der Waals surface area (Å²) in [4.78, 5) is 22.7. The molecule has 5 aromatic rings. The number of pyridine rings is 2. The van der Waals surface area contributed by atoms with Crippen molar-refractivity contribution in [2.45, 2.75) is 13.5 Å². The molecule has 0 fully saturated rings. The standard InChI is InChI=1S/C26H21N5O/c1-18-23(21-12-5-6-13-22(21)30-24(18)19-9-3-2-4-10-19)26(32)28-17-20-11-7-14-27-25(20)31-16-8-15-29-31/h2-16H,17H2,1H3,(H,28,32). The number of carbonyl (C=O) groups excluding carboxylic acids is 1. The molecule has 32 heavy (non-hydrogen) atoms. The Labute approximate surface area is 185 Å². The highest BCUT2D eigenvalue weighted by atomic mass is 16.1. The van der Waals surface area contributed by atoms with Gasteiger partial charge in [-0.15, -0.1) is 0 Å². The molecule has 0 atom stereocenters. The second-order valence-corrected chi connectivity index (χ2v) is 7.46. The maximum Gasteiger partial charge on any atom is 0.252 e. The van der Waals surface area contributed by atoms with Crippen molar-refractivity contribution in [2.24, 2.45) is 0 Å². The Kier molecular flexibility index (Phi) is 5.17. The van der Waals surface area contributed by atoms with Gasteiger partial charge in [0.25, 0.3) is 5.91 Å². The van der Waals surface area contributed by atoms with Gasteiger partial charge in [-0.1, -0.05) is 54.6 Å². The molecule has 0 aliphatic carbocycles. The number of hydrogen-bond acceptors (Lipinski definition) is 4. The summed E-state index contributed by atoms with van der Waals surface area (Å²) in [6.45, 7) is 2.29. The van der Waals surface area contributed by atoms with Crippen molar-refractivity contribution < 1.29 is 4.79 Å². The first-order valence-electron chi connectivity index (χ1n) is 10.4. The average Bonchev–Trinajstić information content (AvgIpc) is 3.38. The second-order valence-electron chi connectivity index (χ2n) is 7.46. The van der Waals surface area contributed by atoms with Gasteiger partial charge in [0, 0.05) is 41.6 Å². The fourth-order valence-electron chi connectivity index (χ4n) is 3.91. The molecule has 0 radical (unpaired) electrons. The Morgan fingerprint density at radius 1 is 0.938 bits per heavy atom. The number of aromatic nitrogens is 4. The van der Waals surface area contributed by atoms with E-state index in [2.05, 4.69) is 15.4 Å². The van der Waals surface area contributed by atoms with Gasteiger partial charge in [0.15, 0.2) is 5.82 Å². The number of amides is 1.